The van der Waals surface area contributed by atoms with Gasteiger partial charge in [-0.15, -0.1) is 0 Å². The first-order chi connectivity index (χ1) is 5.99. The fourth-order valence-electron chi connectivity index (χ4n) is 0.723. The Morgan fingerprint density at radius 2 is 1.77 bits per heavy atom. The lowest BCUT2D eigenvalue weighted by molar-refractivity contribution is -0.132. The third-order valence-corrected chi connectivity index (χ3v) is 1.38. The molecule has 0 aromatic heterocycles. The lowest BCUT2D eigenvalue weighted by Gasteiger charge is -1.95. The largest absolute Gasteiger partial charge is 0.478 e. The molecule has 0 saturated heterocycles. The molecule has 4 nitrogen and oxygen atoms in total. The van der Waals surface area contributed by atoms with Gasteiger partial charge in [0.25, 0.3) is 0 Å². The lowest BCUT2D eigenvalue weighted by Crippen LogP contribution is -2.02. The van der Waals surface area contributed by atoms with E-state index in [0.717, 1.165) is 6.08 Å². The number of aliphatic carboxylic acids is 2. The van der Waals surface area contributed by atoms with Crippen molar-refractivity contribution in [2.45, 2.75) is 20.3 Å². The van der Waals surface area contributed by atoms with E-state index in [1.807, 2.05) is 0 Å². The Balaban J connectivity index is 4.81. The highest BCUT2D eigenvalue weighted by molar-refractivity contribution is 5.94. The number of rotatable bonds is 4. The molecule has 0 aliphatic heterocycles. The number of hydrogen-bond donors (Lipinski definition) is 2. The summed E-state index contributed by atoms with van der Waals surface area (Å²) in [5.41, 5.74) is 0.0319. The first kappa shape index (κ1) is 11.4. The predicted molar refractivity (Wildman–Crippen MR) is 47.4 cm³/mol. The Kier molecular flexibility index (Phi) is 4.51. The van der Waals surface area contributed by atoms with Crippen molar-refractivity contribution in [2.75, 3.05) is 0 Å². The van der Waals surface area contributed by atoms with E-state index in [-0.39, 0.29) is 11.1 Å². The number of hydrogen-bond acceptors (Lipinski definition) is 2. The SMILES string of the molecule is CCC=C(C=C(C)C(=O)O)C(=O)O. The fourth-order valence-corrected chi connectivity index (χ4v) is 0.723. The molecular formula is C9H12O4. The minimum absolute atomic E-state index is 0.0158. The first-order valence-corrected chi connectivity index (χ1v) is 3.84. The van der Waals surface area contributed by atoms with Crippen LogP contribution >= 0.6 is 0 Å². The Hall–Kier alpha value is -1.58. The molecular weight excluding hydrogens is 172 g/mol. The second-order valence-electron chi connectivity index (χ2n) is 2.51. The molecule has 0 aliphatic carbocycles. The number of carboxylic acids is 2. The van der Waals surface area contributed by atoms with E-state index in [0.29, 0.717) is 6.42 Å². The van der Waals surface area contributed by atoms with Crippen LogP contribution in [0.3, 0.4) is 0 Å². The van der Waals surface area contributed by atoms with Gasteiger partial charge in [0.2, 0.25) is 0 Å². The van der Waals surface area contributed by atoms with Gasteiger partial charge >= 0.3 is 11.9 Å². The summed E-state index contributed by atoms with van der Waals surface area (Å²) in [5, 5.41) is 17.1. The van der Waals surface area contributed by atoms with E-state index in [9.17, 15) is 9.59 Å². The van der Waals surface area contributed by atoms with Gasteiger partial charge in [-0.3, -0.25) is 0 Å². The maximum Gasteiger partial charge on any atom is 0.335 e. The Bertz CT molecular complexity index is 273. The normalized spacial score (nSPS) is 12.8. The van der Waals surface area contributed by atoms with Crippen molar-refractivity contribution in [1.82, 2.24) is 0 Å². The summed E-state index contributed by atoms with van der Waals surface area (Å²) in [6.07, 6.45) is 3.17. The molecule has 4 heteroatoms. The molecule has 0 fully saturated rings. The number of carboxylic acid groups (broad SMARTS) is 2. The first-order valence-electron chi connectivity index (χ1n) is 3.84. The minimum Gasteiger partial charge on any atom is -0.478 e. The van der Waals surface area contributed by atoms with E-state index in [1.165, 1.54) is 13.0 Å². The maximum atomic E-state index is 10.5. The lowest BCUT2D eigenvalue weighted by atomic mass is 10.1. The standard InChI is InChI=1S/C9H12O4/c1-3-4-7(9(12)13)5-6(2)8(10)11/h4-5H,3H2,1-2H3,(H,10,11)(H,12,13). The summed E-state index contributed by atoms with van der Waals surface area (Å²) < 4.78 is 0. The van der Waals surface area contributed by atoms with Crippen molar-refractivity contribution in [3.8, 4) is 0 Å². The molecule has 2 N–H and O–H groups in total. The van der Waals surface area contributed by atoms with Crippen LogP contribution in [0, 0.1) is 0 Å². The molecule has 0 aromatic rings. The van der Waals surface area contributed by atoms with E-state index >= 15 is 0 Å². The van der Waals surface area contributed by atoms with Crippen LogP contribution in [0.25, 0.3) is 0 Å². The topological polar surface area (TPSA) is 74.6 Å². The summed E-state index contributed by atoms with van der Waals surface area (Å²) in [6, 6.07) is 0. The third-order valence-electron chi connectivity index (χ3n) is 1.38. The Morgan fingerprint density at radius 3 is 2.08 bits per heavy atom. The van der Waals surface area contributed by atoms with Gasteiger partial charge in [-0.05, 0) is 19.4 Å². The van der Waals surface area contributed by atoms with Gasteiger partial charge < -0.3 is 10.2 Å². The molecule has 0 aromatic carbocycles. The molecule has 0 atom stereocenters. The van der Waals surface area contributed by atoms with E-state index in [4.69, 9.17) is 10.2 Å². The van der Waals surface area contributed by atoms with Gasteiger partial charge in [0, 0.05) is 5.57 Å². The average Bonchev–Trinajstić information content (AvgIpc) is 2.03. The van der Waals surface area contributed by atoms with E-state index in [2.05, 4.69) is 0 Å². The smallest absolute Gasteiger partial charge is 0.335 e. The second kappa shape index (κ2) is 5.13. The molecule has 13 heavy (non-hydrogen) atoms. The molecule has 0 rings (SSSR count). The van der Waals surface area contributed by atoms with E-state index < -0.39 is 11.9 Å². The zero-order valence-electron chi connectivity index (χ0n) is 7.57. The molecule has 0 radical (unpaired) electrons. The van der Waals surface area contributed by atoms with Crippen LogP contribution in [0.5, 0.6) is 0 Å². The summed E-state index contributed by atoms with van der Waals surface area (Å²) in [5.74, 6) is -2.22. The van der Waals surface area contributed by atoms with Gasteiger partial charge in [-0.1, -0.05) is 13.0 Å². The highest BCUT2D eigenvalue weighted by atomic mass is 16.4. The highest BCUT2D eigenvalue weighted by Crippen LogP contribution is 2.04. The Morgan fingerprint density at radius 1 is 1.23 bits per heavy atom. The van der Waals surface area contributed by atoms with Crippen LogP contribution in [0.4, 0.5) is 0 Å². The van der Waals surface area contributed by atoms with E-state index in [1.54, 1.807) is 6.92 Å². The van der Waals surface area contributed by atoms with Crippen molar-refractivity contribution in [1.29, 1.82) is 0 Å². The van der Waals surface area contributed by atoms with Crippen LogP contribution < -0.4 is 0 Å². The summed E-state index contributed by atoms with van der Waals surface area (Å²) in [4.78, 5) is 20.9. The molecule has 0 heterocycles. The summed E-state index contributed by atoms with van der Waals surface area (Å²) in [6.45, 7) is 3.14. The molecule has 0 saturated carbocycles. The van der Waals surface area contributed by atoms with Crippen molar-refractivity contribution < 1.29 is 19.8 Å². The molecule has 0 spiro atoms. The quantitative estimate of drug-likeness (QED) is 0.512. The van der Waals surface area contributed by atoms with Crippen molar-refractivity contribution in [2.24, 2.45) is 0 Å². The summed E-state index contributed by atoms with van der Waals surface area (Å²) in [7, 11) is 0. The third kappa shape index (κ3) is 4.10. The van der Waals surface area contributed by atoms with Crippen molar-refractivity contribution in [3.63, 3.8) is 0 Å². The monoisotopic (exact) mass is 184 g/mol. The second-order valence-corrected chi connectivity index (χ2v) is 2.51. The highest BCUT2D eigenvalue weighted by Gasteiger charge is 2.06. The van der Waals surface area contributed by atoms with Crippen molar-refractivity contribution in [3.05, 3.63) is 23.3 Å². The molecule has 72 valence electrons. The molecule has 0 amide bonds. The fraction of sp³-hybridized carbons (Fsp3) is 0.333. The molecule has 0 aliphatic rings. The van der Waals surface area contributed by atoms with Crippen molar-refractivity contribution >= 4 is 11.9 Å². The van der Waals surface area contributed by atoms with Gasteiger partial charge in [-0.25, -0.2) is 9.59 Å². The van der Waals surface area contributed by atoms with Crippen LogP contribution in [-0.4, -0.2) is 22.2 Å². The van der Waals surface area contributed by atoms with Crippen LogP contribution in [0.15, 0.2) is 23.3 Å². The minimum atomic E-state index is -1.11. The maximum absolute atomic E-state index is 10.5. The van der Waals surface area contributed by atoms with Gasteiger partial charge in [0.1, 0.15) is 0 Å². The van der Waals surface area contributed by atoms with Gasteiger partial charge in [0.15, 0.2) is 0 Å². The number of carbonyl (C=O) groups is 2. The van der Waals surface area contributed by atoms with Crippen LogP contribution in [-0.2, 0) is 9.59 Å². The number of allylic oxidation sites excluding steroid dienone is 1. The van der Waals surface area contributed by atoms with Gasteiger partial charge in [-0.2, -0.15) is 0 Å². The molecule has 0 bridgehead atoms. The summed E-state index contributed by atoms with van der Waals surface area (Å²) >= 11 is 0. The zero-order chi connectivity index (χ0) is 10.4. The van der Waals surface area contributed by atoms with Crippen LogP contribution in [0.2, 0.25) is 0 Å². The molecule has 0 unspecified atom stereocenters. The van der Waals surface area contributed by atoms with Gasteiger partial charge in [0.05, 0.1) is 5.57 Å². The van der Waals surface area contributed by atoms with Crippen LogP contribution in [0.1, 0.15) is 20.3 Å². The zero-order valence-corrected chi connectivity index (χ0v) is 7.57. The average molecular weight is 184 g/mol. The predicted octanol–water partition coefficient (Wildman–Crippen LogP) is 1.44. The Labute approximate surface area is 76.2 Å².